The maximum atomic E-state index is 12.4. The largest absolute Gasteiger partial charge is 0.398 e. The summed E-state index contributed by atoms with van der Waals surface area (Å²) in [5.74, 6) is -0.190. The van der Waals surface area contributed by atoms with E-state index in [4.69, 9.17) is 17.3 Å². The lowest BCUT2D eigenvalue weighted by Crippen LogP contribution is -2.08. The molecule has 2 N–H and O–H groups in total. The van der Waals surface area contributed by atoms with Gasteiger partial charge in [0.2, 0.25) is 0 Å². The molecule has 0 saturated carbocycles. The number of anilines is 1. The molecule has 20 heavy (non-hydrogen) atoms. The average molecular weight is 440 g/mol. The average Bonchev–Trinajstić information content (AvgIpc) is 2.32. The number of halogens is 3. The molecule has 0 heterocycles. The Morgan fingerprint density at radius 1 is 1.05 bits per heavy atom. The fourth-order valence-electron chi connectivity index (χ4n) is 1.72. The third-order valence-corrected chi connectivity index (χ3v) is 5.74. The van der Waals surface area contributed by atoms with Gasteiger partial charge >= 0.3 is 0 Å². The van der Waals surface area contributed by atoms with E-state index in [-0.39, 0.29) is 16.3 Å². The Kier molecular flexibility index (Phi) is 4.79. The van der Waals surface area contributed by atoms with Crippen molar-refractivity contribution in [2.45, 2.75) is 10.6 Å². The van der Waals surface area contributed by atoms with Gasteiger partial charge in [-0.3, -0.25) is 0 Å². The molecule has 0 radical (unpaired) electrons. The van der Waals surface area contributed by atoms with Gasteiger partial charge in [-0.15, -0.1) is 0 Å². The van der Waals surface area contributed by atoms with Crippen molar-refractivity contribution in [2.75, 3.05) is 5.73 Å². The number of hydrogen-bond donors (Lipinski definition) is 1. The second-order valence-corrected chi connectivity index (χ2v) is 8.37. The van der Waals surface area contributed by atoms with Crippen LogP contribution in [0.2, 0.25) is 5.02 Å². The molecule has 0 saturated heterocycles. The van der Waals surface area contributed by atoms with Gasteiger partial charge in [0, 0.05) is 14.0 Å². The predicted molar refractivity (Wildman–Crippen MR) is 88.6 cm³/mol. The number of nitrogen functional groups attached to an aromatic ring is 1. The topological polar surface area (TPSA) is 60.2 Å². The van der Waals surface area contributed by atoms with Crippen LogP contribution in [0.25, 0.3) is 0 Å². The van der Waals surface area contributed by atoms with Crippen molar-refractivity contribution < 1.29 is 8.42 Å². The molecular weight excluding hydrogens is 429 g/mol. The zero-order valence-electron chi connectivity index (χ0n) is 10.1. The summed E-state index contributed by atoms with van der Waals surface area (Å²) in [7, 11) is -3.54. The van der Waals surface area contributed by atoms with Crippen LogP contribution in [0.4, 0.5) is 5.69 Å². The van der Waals surface area contributed by atoms with Crippen molar-refractivity contribution in [1.29, 1.82) is 0 Å². The van der Waals surface area contributed by atoms with E-state index in [0.717, 1.165) is 8.95 Å². The lowest BCUT2D eigenvalue weighted by Gasteiger charge is -2.09. The molecule has 0 aliphatic heterocycles. The van der Waals surface area contributed by atoms with Gasteiger partial charge in [-0.05, 0) is 35.9 Å². The Morgan fingerprint density at radius 2 is 1.65 bits per heavy atom. The van der Waals surface area contributed by atoms with E-state index in [1.54, 1.807) is 30.3 Å². The van der Waals surface area contributed by atoms with E-state index in [9.17, 15) is 8.42 Å². The Hall–Kier alpha value is -0.560. The minimum Gasteiger partial charge on any atom is -0.398 e. The lowest BCUT2D eigenvalue weighted by atomic mass is 10.2. The zero-order valence-corrected chi connectivity index (χ0v) is 14.9. The van der Waals surface area contributed by atoms with Crippen LogP contribution in [0.5, 0.6) is 0 Å². The van der Waals surface area contributed by atoms with Crippen molar-refractivity contribution >= 4 is 59.0 Å². The van der Waals surface area contributed by atoms with E-state index in [1.165, 1.54) is 6.07 Å². The highest BCUT2D eigenvalue weighted by Gasteiger charge is 2.20. The monoisotopic (exact) mass is 437 g/mol. The Labute approximate surface area is 139 Å². The van der Waals surface area contributed by atoms with Gasteiger partial charge < -0.3 is 5.73 Å². The van der Waals surface area contributed by atoms with Crippen LogP contribution in [0.3, 0.4) is 0 Å². The number of nitrogens with two attached hydrogens (primary N) is 1. The fraction of sp³-hybridized carbons (Fsp3) is 0.0769. The van der Waals surface area contributed by atoms with Crippen LogP contribution in [-0.4, -0.2) is 8.42 Å². The molecule has 0 aliphatic carbocycles. The Bertz CT molecular complexity index is 763. The second-order valence-electron chi connectivity index (χ2n) is 4.18. The second kappa shape index (κ2) is 6.05. The van der Waals surface area contributed by atoms with Gasteiger partial charge in [0.1, 0.15) is 0 Å². The van der Waals surface area contributed by atoms with Crippen molar-refractivity contribution in [3.8, 4) is 0 Å². The van der Waals surface area contributed by atoms with E-state index >= 15 is 0 Å². The molecule has 106 valence electrons. The van der Waals surface area contributed by atoms with Crippen molar-refractivity contribution in [2.24, 2.45) is 0 Å². The maximum absolute atomic E-state index is 12.4. The highest BCUT2D eigenvalue weighted by Crippen LogP contribution is 2.29. The Balaban J connectivity index is 2.41. The van der Waals surface area contributed by atoms with Gasteiger partial charge in [0.05, 0.1) is 16.3 Å². The lowest BCUT2D eigenvalue weighted by molar-refractivity contribution is 0.595. The van der Waals surface area contributed by atoms with E-state index in [0.29, 0.717) is 10.6 Å². The molecular formula is C13H10Br2ClNO2S. The van der Waals surface area contributed by atoms with Crippen LogP contribution >= 0.6 is 43.5 Å². The fourth-order valence-corrected chi connectivity index (χ4v) is 4.43. The molecule has 0 fully saturated rings. The number of sulfone groups is 1. The first-order valence-electron chi connectivity index (χ1n) is 5.51. The van der Waals surface area contributed by atoms with E-state index in [1.807, 2.05) is 0 Å². The maximum Gasteiger partial charge on any atom is 0.184 e. The minimum atomic E-state index is -3.54. The predicted octanol–water partition coefficient (Wildman–Crippen LogP) is 4.42. The van der Waals surface area contributed by atoms with Gasteiger partial charge in [-0.2, -0.15) is 0 Å². The first-order chi connectivity index (χ1) is 9.29. The van der Waals surface area contributed by atoms with Crippen molar-refractivity contribution in [1.82, 2.24) is 0 Å². The molecule has 0 spiro atoms. The standard InChI is InChI=1S/C13H10Br2ClNO2S/c14-9-2-1-8(11(16)5-9)7-20(18,19)13-4-3-10(15)6-12(13)17/h1-6H,7,17H2. The first-order valence-corrected chi connectivity index (χ1v) is 9.13. The van der Waals surface area contributed by atoms with Crippen molar-refractivity contribution in [3.63, 3.8) is 0 Å². The molecule has 0 atom stereocenters. The van der Waals surface area contributed by atoms with Crippen molar-refractivity contribution in [3.05, 3.63) is 55.9 Å². The molecule has 0 amide bonds. The number of rotatable bonds is 3. The molecule has 2 rings (SSSR count). The van der Waals surface area contributed by atoms with E-state index < -0.39 is 9.84 Å². The Morgan fingerprint density at radius 3 is 2.25 bits per heavy atom. The normalized spacial score (nSPS) is 11.6. The zero-order chi connectivity index (χ0) is 14.9. The highest BCUT2D eigenvalue weighted by atomic mass is 79.9. The van der Waals surface area contributed by atoms with Gasteiger partial charge in [-0.25, -0.2) is 8.42 Å². The summed E-state index contributed by atoms with van der Waals surface area (Å²) in [6, 6.07) is 9.79. The molecule has 0 aliphatic rings. The minimum absolute atomic E-state index is 0.111. The third kappa shape index (κ3) is 3.55. The van der Waals surface area contributed by atoms with Crippen LogP contribution in [-0.2, 0) is 15.6 Å². The van der Waals surface area contributed by atoms with Gasteiger partial charge in [-0.1, -0.05) is 49.5 Å². The first kappa shape index (κ1) is 15.8. The quantitative estimate of drug-likeness (QED) is 0.720. The molecule has 2 aromatic carbocycles. The summed E-state index contributed by atoms with van der Waals surface area (Å²) >= 11 is 12.6. The van der Waals surface area contributed by atoms with Crippen LogP contribution in [0, 0.1) is 0 Å². The van der Waals surface area contributed by atoms with Gasteiger partial charge in [0.15, 0.2) is 9.84 Å². The van der Waals surface area contributed by atoms with Gasteiger partial charge in [0.25, 0.3) is 0 Å². The van der Waals surface area contributed by atoms with E-state index in [2.05, 4.69) is 31.9 Å². The summed E-state index contributed by atoms with van der Waals surface area (Å²) < 4.78 is 26.3. The summed E-state index contributed by atoms with van der Waals surface area (Å²) in [5, 5.41) is 0.402. The number of hydrogen-bond acceptors (Lipinski definition) is 3. The SMILES string of the molecule is Nc1cc(Br)ccc1S(=O)(=O)Cc1ccc(Br)cc1Cl. The summed E-state index contributed by atoms with van der Waals surface area (Å²) in [6.45, 7) is 0. The summed E-state index contributed by atoms with van der Waals surface area (Å²) in [5.41, 5.74) is 6.53. The summed E-state index contributed by atoms with van der Waals surface area (Å²) in [6.07, 6.45) is 0. The molecule has 3 nitrogen and oxygen atoms in total. The highest BCUT2D eigenvalue weighted by molar-refractivity contribution is 9.10. The van der Waals surface area contributed by atoms with Crippen LogP contribution in [0.1, 0.15) is 5.56 Å². The van der Waals surface area contributed by atoms with Crippen LogP contribution in [0.15, 0.2) is 50.2 Å². The molecule has 7 heteroatoms. The molecule has 2 aromatic rings. The smallest absolute Gasteiger partial charge is 0.184 e. The number of benzene rings is 2. The summed E-state index contributed by atoms with van der Waals surface area (Å²) in [4.78, 5) is 0.111. The third-order valence-electron chi connectivity index (χ3n) is 2.67. The molecule has 0 aromatic heterocycles. The molecule has 0 bridgehead atoms. The molecule has 0 unspecified atom stereocenters. The van der Waals surface area contributed by atoms with Crippen LogP contribution < -0.4 is 5.73 Å².